The number of H-pyrrole nitrogens is 1. The first kappa shape index (κ1) is 19.3. The van der Waals surface area contributed by atoms with Crippen molar-refractivity contribution in [3.8, 4) is 11.5 Å². The van der Waals surface area contributed by atoms with Crippen LogP contribution in [0.1, 0.15) is 66.6 Å². The molecule has 1 fully saturated rings. The number of nitrogens with zero attached hydrogens (tertiary/aromatic N) is 2. The van der Waals surface area contributed by atoms with Crippen LogP contribution in [0.3, 0.4) is 0 Å². The number of aromatic nitrogens is 2. The average Bonchev–Trinajstić information content (AvgIpc) is 3.19. The van der Waals surface area contributed by atoms with Gasteiger partial charge in [0, 0.05) is 25.1 Å². The van der Waals surface area contributed by atoms with E-state index in [2.05, 4.69) is 10.2 Å². The zero-order valence-electron chi connectivity index (χ0n) is 16.5. The predicted molar refractivity (Wildman–Crippen MR) is 104 cm³/mol. The molecule has 0 spiro atoms. The second-order valence-corrected chi connectivity index (χ2v) is 7.08. The van der Waals surface area contributed by atoms with Crippen molar-refractivity contribution in [3.05, 3.63) is 41.2 Å². The first-order valence-corrected chi connectivity index (χ1v) is 9.73. The molecule has 0 saturated heterocycles. The highest BCUT2D eigenvalue weighted by Crippen LogP contribution is 2.34. The Morgan fingerprint density at radius 1 is 1.30 bits per heavy atom. The highest BCUT2D eigenvalue weighted by atomic mass is 16.5. The average molecular weight is 371 g/mol. The lowest BCUT2D eigenvalue weighted by molar-refractivity contribution is 0.0782. The van der Waals surface area contributed by atoms with Crippen molar-refractivity contribution in [2.24, 2.45) is 0 Å². The van der Waals surface area contributed by atoms with Crippen LogP contribution in [0, 0.1) is 0 Å². The van der Waals surface area contributed by atoms with Gasteiger partial charge in [0.25, 0.3) is 5.91 Å². The summed E-state index contributed by atoms with van der Waals surface area (Å²) in [6.07, 6.45) is 7.62. The van der Waals surface area contributed by atoms with Crippen LogP contribution >= 0.6 is 0 Å². The van der Waals surface area contributed by atoms with Crippen molar-refractivity contribution in [2.45, 2.75) is 51.5 Å². The fourth-order valence-electron chi connectivity index (χ4n) is 3.86. The van der Waals surface area contributed by atoms with Gasteiger partial charge in [-0.25, -0.2) is 0 Å². The van der Waals surface area contributed by atoms with Crippen LogP contribution in [-0.2, 0) is 6.54 Å². The summed E-state index contributed by atoms with van der Waals surface area (Å²) >= 11 is 0. The number of rotatable bonds is 7. The number of benzene rings is 1. The Bertz CT molecular complexity index is 766. The van der Waals surface area contributed by atoms with Crippen molar-refractivity contribution < 1.29 is 14.3 Å². The van der Waals surface area contributed by atoms with Gasteiger partial charge in [-0.3, -0.25) is 9.89 Å². The van der Waals surface area contributed by atoms with Gasteiger partial charge in [-0.1, -0.05) is 31.4 Å². The molecule has 3 rings (SSSR count). The van der Waals surface area contributed by atoms with E-state index in [0.717, 1.165) is 24.1 Å². The quantitative estimate of drug-likeness (QED) is 0.794. The monoisotopic (exact) mass is 371 g/mol. The van der Waals surface area contributed by atoms with Gasteiger partial charge in [0.05, 0.1) is 31.2 Å². The molecule has 0 bridgehead atoms. The van der Waals surface area contributed by atoms with E-state index in [-0.39, 0.29) is 5.91 Å². The number of nitrogens with one attached hydrogen (secondary N) is 1. The molecule has 6 nitrogen and oxygen atoms in total. The van der Waals surface area contributed by atoms with Gasteiger partial charge in [0.1, 0.15) is 0 Å². The molecular weight excluding hydrogens is 342 g/mol. The van der Waals surface area contributed by atoms with E-state index >= 15 is 0 Å². The van der Waals surface area contributed by atoms with Crippen molar-refractivity contribution in [3.63, 3.8) is 0 Å². The summed E-state index contributed by atoms with van der Waals surface area (Å²) < 4.78 is 11.2. The standard InChI is InChI=1S/C21H29N3O3/c1-4-27-20-16(11-8-12-18(20)26-3)14-24(2)21(25)17-13-22-23-19(17)15-9-6-5-7-10-15/h8,11-13,15H,4-7,9-10,14H2,1-3H3,(H,22,23). The fourth-order valence-corrected chi connectivity index (χ4v) is 3.86. The zero-order valence-corrected chi connectivity index (χ0v) is 16.5. The van der Waals surface area contributed by atoms with Crippen LogP contribution in [0.5, 0.6) is 11.5 Å². The highest BCUT2D eigenvalue weighted by Gasteiger charge is 2.25. The number of carbonyl (C=O) groups excluding carboxylic acids is 1. The molecule has 0 unspecified atom stereocenters. The maximum atomic E-state index is 13.1. The minimum absolute atomic E-state index is 0.0189. The molecule has 27 heavy (non-hydrogen) atoms. The highest BCUT2D eigenvalue weighted by molar-refractivity contribution is 5.95. The number of para-hydroxylation sites is 1. The van der Waals surface area contributed by atoms with Crippen molar-refractivity contribution >= 4 is 5.91 Å². The molecule has 146 valence electrons. The second kappa shape index (κ2) is 8.93. The number of hydrogen-bond acceptors (Lipinski definition) is 4. The lowest BCUT2D eigenvalue weighted by Crippen LogP contribution is -2.27. The van der Waals surface area contributed by atoms with Crippen molar-refractivity contribution in [1.29, 1.82) is 0 Å². The molecule has 0 radical (unpaired) electrons. The number of amides is 1. The Balaban J connectivity index is 1.78. The van der Waals surface area contributed by atoms with E-state index in [1.54, 1.807) is 18.2 Å². The molecule has 1 aromatic carbocycles. The Morgan fingerprint density at radius 2 is 2.07 bits per heavy atom. The van der Waals surface area contributed by atoms with E-state index in [9.17, 15) is 4.79 Å². The largest absolute Gasteiger partial charge is 0.493 e. The summed E-state index contributed by atoms with van der Waals surface area (Å²) in [6, 6.07) is 5.75. The minimum atomic E-state index is -0.0189. The molecule has 1 N–H and O–H groups in total. The molecule has 6 heteroatoms. The second-order valence-electron chi connectivity index (χ2n) is 7.08. The summed E-state index contributed by atoms with van der Waals surface area (Å²) in [4.78, 5) is 14.8. The Morgan fingerprint density at radius 3 is 2.78 bits per heavy atom. The summed E-state index contributed by atoms with van der Waals surface area (Å²) in [5.74, 6) is 1.77. The smallest absolute Gasteiger partial charge is 0.257 e. The summed E-state index contributed by atoms with van der Waals surface area (Å²) in [7, 11) is 3.44. The molecule has 2 aromatic rings. The van der Waals surface area contributed by atoms with E-state index < -0.39 is 0 Å². The van der Waals surface area contributed by atoms with E-state index in [4.69, 9.17) is 9.47 Å². The Kier molecular flexibility index (Phi) is 6.37. The fraction of sp³-hybridized carbons (Fsp3) is 0.524. The first-order chi connectivity index (χ1) is 13.2. The number of ether oxygens (including phenoxy) is 2. The van der Waals surface area contributed by atoms with Gasteiger partial charge in [0.2, 0.25) is 0 Å². The molecule has 1 aliphatic carbocycles. The molecule has 1 aliphatic rings. The molecule has 0 aliphatic heterocycles. The number of methoxy groups -OCH3 is 1. The van der Waals surface area contributed by atoms with Crippen LogP contribution in [0.4, 0.5) is 0 Å². The third-order valence-electron chi connectivity index (χ3n) is 5.24. The molecule has 1 saturated carbocycles. The maximum Gasteiger partial charge on any atom is 0.257 e. The zero-order chi connectivity index (χ0) is 19.2. The maximum absolute atomic E-state index is 13.1. The Labute approximate surface area is 160 Å². The van der Waals surface area contributed by atoms with Crippen LogP contribution in [0.2, 0.25) is 0 Å². The van der Waals surface area contributed by atoms with Crippen LogP contribution in [0.25, 0.3) is 0 Å². The van der Waals surface area contributed by atoms with Gasteiger partial charge in [-0.2, -0.15) is 5.10 Å². The third kappa shape index (κ3) is 4.26. The molecular formula is C21H29N3O3. The molecule has 1 aromatic heterocycles. The van der Waals surface area contributed by atoms with E-state index in [0.29, 0.717) is 36.1 Å². The lowest BCUT2D eigenvalue weighted by atomic mass is 9.85. The van der Waals surface area contributed by atoms with Gasteiger partial charge >= 0.3 is 0 Å². The Hall–Kier alpha value is -2.50. The predicted octanol–water partition coefficient (Wildman–Crippen LogP) is 4.14. The van der Waals surface area contributed by atoms with Crippen LogP contribution in [0.15, 0.2) is 24.4 Å². The number of carbonyl (C=O) groups is 1. The SMILES string of the molecule is CCOc1c(CN(C)C(=O)c2cn[nH]c2C2CCCCC2)cccc1OC. The van der Waals surface area contributed by atoms with Gasteiger partial charge in [-0.15, -0.1) is 0 Å². The summed E-state index contributed by atoms with van der Waals surface area (Å²) in [6.45, 7) is 2.92. The van der Waals surface area contributed by atoms with Crippen LogP contribution in [-0.4, -0.2) is 41.8 Å². The molecule has 0 atom stereocenters. The number of aromatic amines is 1. The van der Waals surface area contributed by atoms with Gasteiger partial charge < -0.3 is 14.4 Å². The minimum Gasteiger partial charge on any atom is -0.493 e. The van der Waals surface area contributed by atoms with Crippen molar-refractivity contribution in [1.82, 2.24) is 15.1 Å². The summed E-state index contributed by atoms with van der Waals surface area (Å²) in [5, 5.41) is 7.25. The van der Waals surface area contributed by atoms with Gasteiger partial charge in [-0.05, 0) is 25.8 Å². The van der Waals surface area contributed by atoms with E-state index in [1.807, 2.05) is 32.2 Å². The molecule has 1 heterocycles. The summed E-state index contributed by atoms with van der Waals surface area (Å²) in [5.41, 5.74) is 2.60. The lowest BCUT2D eigenvalue weighted by Gasteiger charge is -2.23. The first-order valence-electron chi connectivity index (χ1n) is 9.73. The van der Waals surface area contributed by atoms with Crippen molar-refractivity contribution in [2.75, 3.05) is 20.8 Å². The van der Waals surface area contributed by atoms with Gasteiger partial charge in [0.15, 0.2) is 11.5 Å². The molecule has 1 amide bonds. The normalized spacial score (nSPS) is 14.8. The van der Waals surface area contributed by atoms with E-state index in [1.165, 1.54) is 19.3 Å². The topological polar surface area (TPSA) is 67.5 Å². The third-order valence-corrected chi connectivity index (χ3v) is 5.24. The van der Waals surface area contributed by atoms with Crippen LogP contribution < -0.4 is 9.47 Å². The number of hydrogen-bond donors (Lipinski definition) is 1.